The van der Waals surface area contributed by atoms with E-state index < -0.39 is 38.1 Å². The van der Waals surface area contributed by atoms with Crippen molar-refractivity contribution in [1.29, 1.82) is 0 Å². The number of alkyl halides is 1. The standard InChI is InChI=1S/C46H70IN2O12/c1-8-35-13-14-37-36-11-9-10-12-38(36)46(39(37)33-35,19-15-40(50)48-21-24-56-27-30-57-28-25-54-22-17-42(52)60-44(2,3)4)20-16-41(51)49-47-34-59-32-31-58-29-26-55-23-18-43(53)61-45(5,6)7/h9-14,33H,8,15-32,34H2,1-7H3,(H,48,50)(H,49,51)/q-1. The van der Waals surface area contributed by atoms with Gasteiger partial charge in [-0.15, -0.1) is 0 Å². The fourth-order valence-electron chi connectivity index (χ4n) is 6.71. The van der Waals surface area contributed by atoms with Crippen LogP contribution in [0.3, 0.4) is 0 Å². The van der Waals surface area contributed by atoms with Gasteiger partial charge in [0, 0.05) is 0 Å². The van der Waals surface area contributed by atoms with Gasteiger partial charge >= 0.3 is 264 Å². The molecule has 0 aromatic heterocycles. The second-order valence-corrected chi connectivity index (χ2v) is 18.5. The zero-order chi connectivity index (χ0) is 44.6. The van der Waals surface area contributed by atoms with E-state index in [1.807, 2.05) is 53.7 Å². The van der Waals surface area contributed by atoms with Gasteiger partial charge < -0.3 is 14.2 Å². The Labute approximate surface area is 373 Å². The molecule has 0 radical (unpaired) electrons. The third kappa shape index (κ3) is 20.7. The Kier molecular flexibility index (Phi) is 23.8. The molecule has 2 aromatic carbocycles. The molecule has 2 N–H and O–H groups in total. The summed E-state index contributed by atoms with van der Waals surface area (Å²) in [5.74, 6) is -0.667. The Morgan fingerprint density at radius 2 is 1.07 bits per heavy atom. The van der Waals surface area contributed by atoms with Gasteiger partial charge in [-0.1, -0.05) is 0 Å². The van der Waals surface area contributed by atoms with Crippen molar-refractivity contribution in [1.82, 2.24) is 8.85 Å². The summed E-state index contributed by atoms with van der Waals surface area (Å²) in [7, 11) is 0. The summed E-state index contributed by atoms with van der Waals surface area (Å²) in [6.07, 6.45) is 3.02. The van der Waals surface area contributed by atoms with E-state index in [0.717, 1.165) is 23.1 Å². The molecule has 0 bridgehead atoms. The third-order valence-electron chi connectivity index (χ3n) is 9.40. The number of nitrogens with one attached hydrogen (secondary N) is 2. The van der Waals surface area contributed by atoms with Crippen molar-refractivity contribution in [2.24, 2.45) is 0 Å². The molecule has 61 heavy (non-hydrogen) atoms. The average Bonchev–Trinajstić information content (AvgIpc) is 3.47. The van der Waals surface area contributed by atoms with E-state index in [2.05, 4.69) is 46.1 Å². The summed E-state index contributed by atoms with van der Waals surface area (Å²) < 4.78 is 47.4. The van der Waals surface area contributed by atoms with Crippen LogP contribution in [0.1, 0.15) is 104 Å². The Morgan fingerprint density at radius 3 is 1.62 bits per heavy atom. The van der Waals surface area contributed by atoms with Gasteiger partial charge in [-0.2, -0.15) is 0 Å². The fourth-order valence-corrected chi connectivity index (χ4v) is 8.09. The molecular weight excluding hydrogens is 899 g/mol. The van der Waals surface area contributed by atoms with Crippen LogP contribution >= 0.6 is 0 Å². The van der Waals surface area contributed by atoms with Gasteiger partial charge in [0.1, 0.15) is 11.2 Å². The van der Waals surface area contributed by atoms with Gasteiger partial charge in [-0.05, 0) is 41.5 Å². The van der Waals surface area contributed by atoms with E-state index >= 15 is 0 Å². The number of halogens is 1. The maximum absolute atomic E-state index is 13.3. The molecule has 0 spiro atoms. The van der Waals surface area contributed by atoms with E-state index in [1.54, 1.807) is 0 Å². The first-order valence-electron chi connectivity index (χ1n) is 21.4. The Hall–Kier alpha value is -3.19. The van der Waals surface area contributed by atoms with Crippen LogP contribution in [0.25, 0.3) is 11.1 Å². The number of rotatable bonds is 31. The monoisotopic (exact) mass is 969 g/mol. The Bertz CT molecular complexity index is 1570. The van der Waals surface area contributed by atoms with Crippen molar-refractivity contribution in [3.05, 3.63) is 59.2 Å². The molecule has 14 nitrogen and oxygen atoms in total. The number of fused-ring (bicyclic) bond motifs is 3. The first-order valence-corrected chi connectivity index (χ1v) is 24.0. The molecule has 1 aliphatic rings. The normalized spacial score (nSPS) is 14.7. The molecule has 3 rings (SSSR count). The van der Waals surface area contributed by atoms with Crippen molar-refractivity contribution in [3.63, 3.8) is 0 Å². The summed E-state index contributed by atoms with van der Waals surface area (Å²) >= 11 is -0.716. The summed E-state index contributed by atoms with van der Waals surface area (Å²) in [4.78, 5) is 50.0. The van der Waals surface area contributed by atoms with Crippen molar-refractivity contribution in [2.75, 3.05) is 83.8 Å². The molecule has 344 valence electrons. The number of hydrogen-bond donors (Lipinski definition) is 2. The fraction of sp³-hybridized carbons (Fsp3) is 0.652. The summed E-state index contributed by atoms with van der Waals surface area (Å²) in [5.41, 5.74) is 4.35. The molecule has 0 aliphatic heterocycles. The molecule has 1 unspecified atom stereocenters. The number of carbonyl (C=O) groups excluding carboxylic acids is 4. The van der Waals surface area contributed by atoms with Gasteiger partial charge in [0.15, 0.2) is 0 Å². The molecule has 1 atom stereocenters. The number of esters is 2. The van der Waals surface area contributed by atoms with Crippen molar-refractivity contribution < 1.29 is 78.6 Å². The molecule has 0 saturated carbocycles. The van der Waals surface area contributed by atoms with E-state index in [1.165, 1.54) is 11.1 Å². The summed E-state index contributed by atoms with van der Waals surface area (Å²) in [5, 5.41) is 3.00. The zero-order valence-corrected chi connectivity index (χ0v) is 39.6. The molecule has 2 amide bonds. The minimum atomic E-state index is -0.716. The van der Waals surface area contributed by atoms with E-state index in [0.29, 0.717) is 96.3 Å². The second-order valence-electron chi connectivity index (χ2n) is 16.6. The van der Waals surface area contributed by atoms with Gasteiger partial charge in [0.2, 0.25) is 0 Å². The van der Waals surface area contributed by atoms with Crippen LogP contribution in [0.5, 0.6) is 0 Å². The topological polar surface area (TPSA) is 166 Å². The van der Waals surface area contributed by atoms with Gasteiger partial charge in [-0.3, -0.25) is 4.79 Å². The van der Waals surface area contributed by atoms with Crippen LogP contribution in [-0.2, 0) is 68.9 Å². The van der Waals surface area contributed by atoms with Gasteiger partial charge in [0.25, 0.3) is 0 Å². The molecule has 0 heterocycles. The molecule has 2 aromatic rings. The number of benzene rings is 2. The van der Waals surface area contributed by atoms with E-state index in [9.17, 15) is 19.2 Å². The third-order valence-corrected chi connectivity index (χ3v) is 11.1. The van der Waals surface area contributed by atoms with Crippen molar-refractivity contribution >= 4 is 23.8 Å². The van der Waals surface area contributed by atoms with Crippen LogP contribution in [0.15, 0.2) is 42.5 Å². The Morgan fingerprint density at radius 1 is 0.574 bits per heavy atom. The number of amides is 2. The Balaban J connectivity index is 1.37. The van der Waals surface area contributed by atoms with Gasteiger partial charge in [0.05, 0.1) is 39.5 Å². The van der Waals surface area contributed by atoms with Crippen LogP contribution in [0, 0.1) is 0 Å². The van der Waals surface area contributed by atoms with E-state index in [4.69, 9.17) is 37.9 Å². The van der Waals surface area contributed by atoms with Crippen molar-refractivity contribution in [3.8, 4) is 11.1 Å². The molecule has 1 aliphatic carbocycles. The molecule has 15 heteroatoms. The number of hydrogen-bond acceptors (Lipinski definition) is 12. The first-order chi connectivity index (χ1) is 29.1. The maximum atomic E-state index is 13.3. The first kappa shape index (κ1) is 52.2. The summed E-state index contributed by atoms with van der Waals surface area (Å²) in [6, 6.07) is 15.0. The van der Waals surface area contributed by atoms with Crippen LogP contribution in [0.2, 0.25) is 0 Å². The van der Waals surface area contributed by atoms with Crippen molar-refractivity contribution in [2.45, 2.75) is 110 Å². The van der Waals surface area contributed by atoms with Gasteiger partial charge in [-0.25, -0.2) is 0 Å². The van der Waals surface area contributed by atoms with Crippen LogP contribution in [-0.4, -0.2) is 119 Å². The average molecular weight is 970 g/mol. The number of ether oxygens (including phenoxy) is 8. The minimum absolute atomic E-state index is 0.0237. The van der Waals surface area contributed by atoms with Crippen LogP contribution in [0.4, 0.5) is 0 Å². The number of aryl methyl sites for hydroxylation is 1. The second kappa shape index (κ2) is 27.8. The number of carbonyl (C=O) groups is 4. The van der Waals surface area contributed by atoms with E-state index in [-0.39, 0.29) is 49.8 Å². The SMILES string of the molecule is CCc1ccc2c(c1)C(CCC(=O)NCCOCCOCCOCCC(=O)OC(C)(C)C)(CCC(=O)N[I-]COCCOCCOCCC(=O)OC(C)(C)C)c1ccccc1-2. The molecule has 0 fully saturated rings. The van der Waals surface area contributed by atoms with Crippen LogP contribution < -0.4 is 30.3 Å². The summed E-state index contributed by atoms with van der Waals surface area (Å²) in [6.45, 7) is 17.5. The quantitative estimate of drug-likeness (QED) is 0.0374. The predicted octanol–water partition coefficient (Wildman–Crippen LogP) is 2.83. The molecule has 0 saturated heterocycles. The molecular formula is C46H70IN2O12-. The predicted molar refractivity (Wildman–Crippen MR) is 227 cm³/mol. The zero-order valence-electron chi connectivity index (χ0n) is 37.5.